The number of quaternary nitrogens is 1. The standard InChI is InChI=1S/C14H23N3O2/c18-13(11-1-2-11)15-5-6-16-7-9-17(10-8-16)14(19)12-3-4-12/h11-12H,1-10H2,(H,15,18)/p+1. The first-order chi connectivity index (χ1) is 9.24. The molecule has 2 aliphatic carbocycles. The number of piperazine rings is 1. The lowest BCUT2D eigenvalue weighted by Crippen LogP contribution is -3.15. The zero-order valence-electron chi connectivity index (χ0n) is 11.5. The molecule has 0 bridgehead atoms. The van der Waals surface area contributed by atoms with Gasteiger partial charge in [-0.2, -0.15) is 0 Å². The maximum atomic E-state index is 11.9. The quantitative estimate of drug-likeness (QED) is 0.646. The van der Waals surface area contributed by atoms with Crippen LogP contribution in [0.15, 0.2) is 0 Å². The second-order valence-electron chi connectivity index (χ2n) is 6.16. The van der Waals surface area contributed by atoms with Gasteiger partial charge in [0.25, 0.3) is 0 Å². The second kappa shape index (κ2) is 5.49. The Morgan fingerprint density at radius 2 is 1.68 bits per heavy atom. The SMILES string of the molecule is O=C(NCC[NH+]1CCN(C(=O)C2CC2)CC1)C1CC1. The third-order valence-corrected chi connectivity index (χ3v) is 4.43. The van der Waals surface area contributed by atoms with Gasteiger partial charge in [-0.1, -0.05) is 0 Å². The maximum absolute atomic E-state index is 11.9. The van der Waals surface area contributed by atoms with Crippen molar-refractivity contribution in [3.8, 4) is 0 Å². The molecule has 1 aliphatic heterocycles. The molecule has 0 radical (unpaired) electrons. The molecule has 2 saturated carbocycles. The fourth-order valence-electron chi connectivity index (χ4n) is 2.73. The van der Waals surface area contributed by atoms with Gasteiger partial charge in [0.15, 0.2) is 0 Å². The van der Waals surface area contributed by atoms with Gasteiger partial charge in [-0.05, 0) is 25.7 Å². The van der Waals surface area contributed by atoms with Crippen molar-refractivity contribution < 1.29 is 14.5 Å². The van der Waals surface area contributed by atoms with Crippen molar-refractivity contribution in [3.05, 3.63) is 0 Å². The van der Waals surface area contributed by atoms with Crippen LogP contribution in [0.5, 0.6) is 0 Å². The van der Waals surface area contributed by atoms with Gasteiger partial charge in [-0.3, -0.25) is 9.59 Å². The lowest BCUT2D eigenvalue weighted by molar-refractivity contribution is -0.902. The summed E-state index contributed by atoms with van der Waals surface area (Å²) in [6, 6.07) is 0. The van der Waals surface area contributed by atoms with Crippen LogP contribution < -0.4 is 10.2 Å². The Kier molecular flexibility index (Phi) is 3.73. The summed E-state index contributed by atoms with van der Waals surface area (Å²) in [5.74, 6) is 1.27. The minimum atomic E-state index is 0.238. The van der Waals surface area contributed by atoms with Crippen molar-refractivity contribution in [1.29, 1.82) is 0 Å². The van der Waals surface area contributed by atoms with Crippen molar-refractivity contribution >= 4 is 11.8 Å². The highest BCUT2D eigenvalue weighted by atomic mass is 16.2. The van der Waals surface area contributed by atoms with E-state index >= 15 is 0 Å². The van der Waals surface area contributed by atoms with Gasteiger partial charge in [-0.15, -0.1) is 0 Å². The lowest BCUT2D eigenvalue weighted by atomic mass is 10.2. The molecule has 0 unspecified atom stereocenters. The van der Waals surface area contributed by atoms with E-state index in [9.17, 15) is 9.59 Å². The highest BCUT2D eigenvalue weighted by Gasteiger charge is 2.35. The van der Waals surface area contributed by atoms with Gasteiger partial charge < -0.3 is 15.1 Å². The molecule has 3 aliphatic rings. The molecular formula is C14H24N3O2+. The van der Waals surface area contributed by atoms with Crippen molar-refractivity contribution in [2.24, 2.45) is 11.8 Å². The highest BCUT2D eigenvalue weighted by Crippen LogP contribution is 2.30. The summed E-state index contributed by atoms with van der Waals surface area (Å²) in [6.45, 7) is 5.60. The smallest absolute Gasteiger partial charge is 0.226 e. The van der Waals surface area contributed by atoms with Crippen molar-refractivity contribution in [2.75, 3.05) is 39.3 Å². The van der Waals surface area contributed by atoms with Crippen molar-refractivity contribution in [1.82, 2.24) is 10.2 Å². The Hall–Kier alpha value is -1.10. The molecule has 1 saturated heterocycles. The normalized spacial score (nSPS) is 24.3. The largest absolute Gasteiger partial charge is 0.350 e. The summed E-state index contributed by atoms with van der Waals surface area (Å²) in [5.41, 5.74) is 0. The molecule has 0 spiro atoms. The number of nitrogens with one attached hydrogen (secondary N) is 2. The Morgan fingerprint density at radius 1 is 1.05 bits per heavy atom. The fraction of sp³-hybridized carbons (Fsp3) is 0.857. The summed E-state index contributed by atoms with van der Waals surface area (Å²) < 4.78 is 0. The van der Waals surface area contributed by atoms with E-state index in [2.05, 4.69) is 5.32 Å². The molecule has 5 heteroatoms. The number of hydrogen-bond acceptors (Lipinski definition) is 2. The van der Waals surface area contributed by atoms with Gasteiger partial charge >= 0.3 is 0 Å². The molecule has 2 N–H and O–H groups in total. The molecule has 1 heterocycles. The van der Waals surface area contributed by atoms with Crippen molar-refractivity contribution in [3.63, 3.8) is 0 Å². The molecule has 0 aromatic rings. The summed E-state index contributed by atoms with van der Waals surface area (Å²) in [5, 5.41) is 3.01. The van der Waals surface area contributed by atoms with Crippen LogP contribution in [0.1, 0.15) is 25.7 Å². The number of amides is 2. The van der Waals surface area contributed by atoms with Crippen LogP contribution in [0.25, 0.3) is 0 Å². The third kappa shape index (κ3) is 3.47. The first kappa shape index (κ1) is 12.9. The van der Waals surface area contributed by atoms with E-state index in [4.69, 9.17) is 0 Å². The molecule has 2 amide bonds. The number of hydrogen-bond donors (Lipinski definition) is 2. The molecule has 5 nitrogen and oxygen atoms in total. The van der Waals surface area contributed by atoms with Gasteiger partial charge in [0.2, 0.25) is 11.8 Å². The fourth-order valence-corrected chi connectivity index (χ4v) is 2.73. The molecule has 106 valence electrons. The topological polar surface area (TPSA) is 53.9 Å². The minimum Gasteiger partial charge on any atom is -0.350 e. The summed E-state index contributed by atoms with van der Waals surface area (Å²) >= 11 is 0. The molecule has 3 fully saturated rings. The van der Waals surface area contributed by atoms with E-state index < -0.39 is 0 Å². The molecule has 3 rings (SSSR count). The van der Waals surface area contributed by atoms with Crippen molar-refractivity contribution in [2.45, 2.75) is 25.7 Å². The van der Waals surface area contributed by atoms with E-state index in [0.29, 0.717) is 17.7 Å². The second-order valence-corrected chi connectivity index (χ2v) is 6.16. The summed E-state index contributed by atoms with van der Waals surface area (Å²) in [7, 11) is 0. The van der Waals surface area contributed by atoms with Crippen LogP contribution in [-0.2, 0) is 9.59 Å². The number of carbonyl (C=O) groups excluding carboxylic acids is 2. The Labute approximate surface area is 114 Å². The van der Waals surface area contributed by atoms with E-state index in [1.54, 1.807) is 0 Å². The van der Waals surface area contributed by atoms with Crippen LogP contribution in [0.2, 0.25) is 0 Å². The molecular weight excluding hydrogens is 242 g/mol. The Bertz CT molecular complexity index is 353. The lowest BCUT2D eigenvalue weighted by Gasteiger charge is -2.32. The number of rotatable bonds is 5. The average molecular weight is 266 g/mol. The van der Waals surface area contributed by atoms with E-state index in [1.807, 2.05) is 4.90 Å². The first-order valence-electron chi connectivity index (χ1n) is 7.64. The molecule has 0 atom stereocenters. The summed E-state index contributed by atoms with van der Waals surface area (Å²) in [6.07, 6.45) is 4.33. The van der Waals surface area contributed by atoms with Gasteiger partial charge in [0, 0.05) is 11.8 Å². The van der Waals surface area contributed by atoms with Gasteiger partial charge in [-0.25, -0.2) is 0 Å². The highest BCUT2D eigenvalue weighted by molar-refractivity contribution is 5.81. The van der Waals surface area contributed by atoms with E-state index in [1.165, 1.54) is 4.90 Å². The predicted molar refractivity (Wildman–Crippen MR) is 70.6 cm³/mol. The average Bonchev–Trinajstić information content (AvgIpc) is 3.31. The van der Waals surface area contributed by atoms with Crippen LogP contribution in [0.4, 0.5) is 0 Å². The van der Waals surface area contributed by atoms with Crippen LogP contribution in [0, 0.1) is 11.8 Å². The zero-order valence-corrected chi connectivity index (χ0v) is 11.5. The maximum Gasteiger partial charge on any atom is 0.226 e. The minimum absolute atomic E-state index is 0.238. The predicted octanol–water partition coefficient (Wildman–Crippen LogP) is -1.35. The van der Waals surface area contributed by atoms with Crippen LogP contribution in [0.3, 0.4) is 0 Å². The monoisotopic (exact) mass is 266 g/mol. The van der Waals surface area contributed by atoms with Gasteiger partial charge in [0.05, 0.1) is 39.3 Å². The van der Waals surface area contributed by atoms with Gasteiger partial charge in [0.1, 0.15) is 0 Å². The number of carbonyl (C=O) groups is 2. The molecule has 0 aromatic carbocycles. The first-order valence-corrected chi connectivity index (χ1v) is 7.64. The molecule has 0 aromatic heterocycles. The van der Waals surface area contributed by atoms with Crippen LogP contribution >= 0.6 is 0 Å². The van der Waals surface area contributed by atoms with E-state index in [0.717, 1.165) is 65.0 Å². The van der Waals surface area contributed by atoms with Crippen LogP contribution in [-0.4, -0.2) is 56.0 Å². The zero-order chi connectivity index (χ0) is 13.2. The molecule has 19 heavy (non-hydrogen) atoms. The Morgan fingerprint density at radius 3 is 2.26 bits per heavy atom. The summed E-state index contributed by atoms with van der Waals surface area (Å²) in [4.78, 5) is 27.0. The van der Waals surface area contributed by atoms with E-state index in [-0.39, 0.29) is 5.91 Å². The Balaban J connectivity index is 1.31. The number of nitrogens with zero attached hydrogens (tertiary/aromatic N) is 1. The third-order valence-electron chi connectivity index (χ3n) is 4.43.